The molecule has 0 aromatic carbocycles. The first-order valence-corrected chi connectivity index (χ1v) is 8.10. The van der Waals surface area contributed by atoms with Crippen molar-refractivity contribution in [2.45, 2.75) is 33.1 Å². The van der Waals surface area contributed by atoms with Gasteiger partial charge in [-0.15, -0.1) is 0 Å². The number of nitrogen functional groups attached to an aromatic ring is 1. The Labute approximate surface area is 140 Å². The number of hydrogen-bond donors (Lipinski definition) is 1. The van der Waals surface area contributed by atoms with Crippen LogP contribution in [0.4, 0.5) is 5.82 Å². The van der Waals surface area contributed by atoms with Gasteiger partial charge in [-0.05, 0) is 44.7 Å². The number of hydrogen-bond acceptors (Lipinski definition) is 6. The summed E-state index contributed by atoms with van der Waals surface area (Å²) < 4.78 is 6.66. The number of esters is 1. The number of allylic oxidation sites excluding steroid dienone is 2. The molecule has 0 spiro atoms. The molecule has 1 atom stereocenters. The highest BCUT2D eigenvalue weighted by Gasteiger charge is 2.26. The van der Waals surface area contributed by atoms with Crippen molar-refractivity contribution in [2.24, 2.45) is 5.92 Å². The maximum absolute atomic E-state index is 11.9. The number of ether oxygens (including phenoxy) is 1. The molecule has 0 saturated carbocycles. The van der Waals surface area contributed by atoms with Gasteiger partial charge in [0.2, 0.25) is 0 Å². The number of nitrogens with two attached hydrogens (primary N) is 1. The van der Waals surface area contributed by atoms with Gasteiger partial charge in [0, 0.05) is 18.0 Å². The molecule has 0 saturated heterocycles. The maximum atomic E-state index is 11.9. The van der Waals surface area contributed by atoms with E-state index in [0.29, 0.717) is 24.8 Å². The molecule has 3 rings (SSSR count). The maximum Gasteiger partial charge on any atom is 0.309 e. The number of aromatic nitrogens is 4. The average molecular weight is 327 g/mol. The van der Waals surface area contributed by atoms with Gasteiger partial charge in [-0.3, -0.25) is 4.79 Å². The molecule has 1 aliphatic rings. The van der Waals surface area contributed by atoms with E-state index in [-0.39, 0.29) is 11.9 Å². The van der Waals surface area contributed by atoms with Crippen LogP contribution in [0.5, 0.6) is 0 Å². The zero-order chi connectivity index (χ0) is 17.1. The van der Waals surface area contributed by atoms with Gasteiger partial charge in [0.15, 0.2) is 0 Å². The summed E-state index contributed by atoms with van der Waals surface area (Å²) in [6.07, 6.45) is 7.58. The monoisotopic (exact) mass is 327 g/mol. The van der Waals surface area contributed by atoms with E-state index in [1.165, 1.54) is 0 Å². The Morgan fingerprint density at radius 2 is 2.17 bits per heavy atom. The lowest BCUT2D eigenvalue weighted by Gasteiger charge is -2.20. The van der Waals surface area contributed by atoms with E-state index in [1.54, 1.807) is 23.1 Å². The Hall–Kier alpha value is -2.70. The van der Waals surface area contributed by atoms with Crippen LogP contribution < -0.4 is 5.73 Å². The molecule has 0 radical (unpaired) electrons. The van der Waals surface area contributed by atoms with Crippen LogP contribution in [0.15, 0.2) is 24.5 Å². The van der Waals surface area contributed by atoms with Gasteiger partial charge in [-0.25, -0.2) is 9.97 Å². The van der Waals surface area contributed by atoms with E-state index in [9.17, 15) is 4.79 Å². The fraction of sp³-hybridized carbons (Fsp3) is 0.412. The molecule has 0 fully saturated rings. The molecular formula is C17H21N5O2. The number of rotatable bonds is 4. The molecule has 2 heterocycles. The highest BCUT2D eigenvalue weighted by molar-refractivity contribution is 5.79. The van der Waals surface area contributed by atoms with E-state index < -0.39 is 0 Å². The quantitative estimate of drug-likeness (QED) is 0.866. The smallest absolute Gasteiger partial charge is 0.309 e. The topological polar surface area (TPSA) is 95.9 Å². The summed E-state index contributed by atoms with van der Waals surface area (Å²) in [5.41, 5.74) is 9.17. The summed E-state index contributed by atoms with van der Waals surface area (Å²) >= 11 is 0. The molecule has 24 heavy (non-hydrogen) atoms. The predicted octanol–water partition coefficient (Wildman–Crippen LogP) is 2.30. The molecular weight excluding hydrogens is 306 g/mol. The third kappa shape index (κ3) is 3.02. The van der Waals surface area contributed by atoms with Crippen molar-refractivity contribution < 1.29 is 9.53 Å². The molecule has 7 nitrogen and oxygen atoms in total. The molecule has 2 N–H and O–H groups in total. The second kappa shape index (κ2) is 6.82. The van der Waals surface area contributed by atoms with Crippen LogP contribution in [-0.2, 0) is 9.53 Å². The molecule has 1 unspecified atom stereocenters. The van der Waals surface area contributed by atoms with Crippen LogP contribution in [-0.4, -0.2) is 32.3 Å². The Balaban J connectivity index is 1.86. The molecule has 126 valence electrons. The minimum absolute atomic E-state index is 0.0669. The van der Waals surface area contributed by atoms with Crippen LogP contribution in [0.25, 0.3) is 11.5 Å². The van der Waals surface area contributed by atoms with Gasteiger partial charge in [0.1, 0.15) is 5.82 Å². The molecule has 2 aromatic heterocycles. The number of carbonyl (C=O) groups excluding carboxylic acids is 1. The first-order chi connectivity index (χ1) is 11.6. The number of aryl methyl sites for hydroxylation is 1. The van der Waals surface area contributed by atoms with Gasteiger partial charge >= 0.3 is 5.97 Å². The summed E-state index contributed by atoms with van der Waals surface area (Å²) in [5.74, 6) is 0.790. The van der Waals surface area contributed by atoms with Crippen LogP contribution >= 0.6 is 0 Å². The fourth-order valence-corrected chi connectivity index (χ4v) is 3.03. The zero-order valence-electron chi connectivity index (χ0n) is 13.9. The molecule has 0 amide bonds. The van der Waals surface area contributed by atoms with Crippen LogP contribution in [0.3, 0.4) is 0 Å². The Bertz CT molecular complexity index is 767. The van der Waals surface area contributed by atoms with Gasteiger partial charge in [0.25, 0.3) is 5.95 Å². The third-order valence-corrected chi connectivity index (χ3v) is 4.19. The van der Waals surface area contributed by atoms with Crippen molar-refractivity contribution in [3.05, 3.63) is 35.8 Å². The van der Waals surface area contributed by atoms with Crippen molar-refractivity contribution in [3.8, 4) is 5.95 Å². The Morgan fingerprint density at radius 1 is 1.42 bits per heavy atom. The molecule has 0 bridgehead atoms. The Kier molecular flexibility index (Phi) is 4.59. The van der Waals surface area contributed by atoms with Crippen LogP contribution in [0.2, 0.25) is 0 Å². The largest absolute Gasteiger partial charge is 0.466 e. The first kappa shape index (κ1) is 16.2. The zero-order valence-corrected chi connectivity index (χ0v) is 13.9. The number of nitrogens with zero attached hydrogens (tertiary/aromatic N) is 4. The van der Waals surface area contributed by atoms with E-state index in [2.05, 4.69) is 21.1 Å². The van der Waals surface area contributed by atoms with E-state index in [1.807, 2.05) is 13.8 Å². The number of anilines is 1. The van der Waals surface area contributed by atoms with Gasteiger partial charge in [-0.1, -0.05) is 6.08 Å². The summed E-state index contributed by atoms with van der Waals surface area (Å²) in [6.45, 7) is 4.16. The van der Waals surface area contributed by atoms with Gasteiger partial charge in [-0.2, -0.15) is 9.78 Å². The minimum atomic E-state index is -0.120. The van der Waals surface area contributed by atoms with Crippen LogP contribution in [0, 0.1) is 12.8 Å². The highest BCUT2D eigenvalue weighted by Crippen LogP contribution is 2.35. The SMILES string of the molecule is CCOC(=O)C1CC=C(c2c(C)nn(-c3ncccn3)c2N)CC1. The lowest BCUT2D eigenvalue weighted by atomic mass is 9.86. The summed E-state index contributed by atoms with van der Waals surface area (Å²) in [4.78, 5) is 20.2. The second-order valence-electron chi connectivity index (χ2n) is 5.76. The summed E-state index contributed by atoms with van der Waals surface area (Å²) in [7, 11) is 0. The molecule has 7 heteroatoms. The van der Waals surface area contributed by atoms with E-state index in [4.69, 9.17) is 10.5 Å². The molecule has 2 aromatic rings. The fourth-order valence-electron chi connectivity index (χ4n) is 3.03. The lowest BCUT2D eigenvalue weighted by molar-refractivity contribution is -0.148. The predicted molar refractivity (Wildman–Crippen MR) is 90.3 cm³/mol. The summed E-state index contributed by atoms with van der Waals surface area (Å²) in [5, 5.41) is 4.47. The molecule has 1 aliphatic carbocycles. The van der Waals surface area contributed by atoms with Crippen molar-refractivity contribution in [1.82, 2.24) is 19.7 Å². The lowest BCUT2D eigenvalue weighted by Crippen LogP contribution is -2.19. The first-order valence-electron chi connectivity index (χ1n) is 8.10. The van der Waals surface area contributed by atoms with E-state index >= 15 is 0 Å². The number of carbonyl (C=O) groups is 1. The van der Waals surface area contributed by atoms with Crippen LogP contribution in [0.1, 0.15) is 37.4 Å². The second-order valence-corrected chi connectivity index (χ2v) is 5.76. The van der Waals surface area contributed by atoms with E-state index in [0.717, 1.165) is 29.7 Å². The van der Waals surface area contributed by atoms with Crippen molar-refractivity contribution in [1.29, 1.82) is 0 Å². The average Bonchev–Trinajstić information content (AvgIpc) is 2.90. The molecule has 0 aliphatic heterocycles. The highest BCUT2D eigenvalue weighted by atomic mass is 16.5. The van der Waals surface area contributed by atoms with Crippen molar-refractivity contribution in [3.63, 3.8) is 0 Å². The van der Waals surface area contributed by atoms with Gasteiger partial charge in [0.05, 0.1) is 18.2 Å². The normalized spacial score (nSPS) is 17.4. The standard InChI is InChI=1S/C17H21N5O2/c1-3-24-16(23)13-7-5-12(6-8-13)14-11(2)21-22(15(14)18)17-19-9-4-10-20-17/h4-5,9-10,13H,3,6-8,18H2,1-2H3. The summed E-state index contributed by atoms with van der Waals surface area (Å²) in [6, 6.07) is 1.75. The van der Waals surface area contributed by atoms with Crippen molar-refractivity contribution >= 4 is 17.4 Å². The van der Waals surface area contributed by atoms with Gasteiger partial charge < -0.3 is 10.5 Å². The third-order valence-electron chi connectivity index (χ3n) is 4.19. The van der Waals surface area contributed by atoms with Crippen molar-refractivity contribution in [2.75, 3.05) is 12.3 Å². The Morgan fingerprint density at radius 3 is 2.79 bits per heavy atom. The minimum Gasteiger partial charge on any atom is -0.466 e.